The van der Waals surface area contributed by atoms with Crippen LogP contribution in [0, 0.1) is 0 Å². The van der Waals surface area contributed by atoms with Crippen molar-refractivity contribution in [3.8, 4) is 11.3 Å². The van der Waals surface area contributed by atoms with Gasteiger partial charge in [-0.05, 0) is 68.0 Å². The minimum Gasteiger partial charge on any atom is -0.478 e. The molecule has 1 N–H and O–H groups in total. The Kier molecular flexibility index (Phi) is 7.36. The Balaban J connectivity index is 1.56. The number of furan rings is 1. The van der Waals surface area contributed by atoms with Crippen LogP contribution in [-0.4, -0.2) is 35.3 Å². The molecule has 0 saturated heterocycles. The van der Waals surface area contributed by atoms with Crippen LogP contribution in [0.2, 0.25) is 5.02 Å². The van der Waals surface area contributed by atoms with Gasteiger partial charge in [0.25, 0.3) is 5.91 Å². The smallest absolute Gasteiger partial charge is 0.339 e. The molecule has 0 unspecified atom stereocenters. The second-order valence-corrected chi connectivity index (χ2v) is 8.51. The van der Waals surface area contributed by atoms with Crippen molar-refractivity contribution >= 4 is 46.9 Å². The maximum absolute atomic E-state index is 13.0. The zero-order valence-corrected chi connectivity index (χ0v) is 20.4. The van der Waals surface area contributed by atoms with Crippen LogP contribution in [0.5, 0.6) is 0 Å². The van der Waals surface area contributed by atoms with Crippen LogP contribution in [-0.2, 0) is 9.53 Å². The number of ether oxygens (including phenoxy) is 1. The third-order valence-corrected chi connectivity index (χ3v) is 5.85. The Bertz CT molecular complexity index is 1400. The third-order valence-electron chi connectivity index (χ3n) is 5.52. The lowest BCUT2D eigenvalue weighted by molar-refractivity contribution is -0.114. The molecule has 0 radical (unpaired) electrons. The maximum atomic E-state index is 13.0. The van der Waals surface area contributed by atoms with Gasteiger partial charge in [-0.3, -0.25) is 4.79 Å². The Hall–Kier alpha value is -4.17. The molecule has 1 amide bonds. The van der Waals surface area contributed by atoms with Crippen LogP contribution in [0.4, 0.5) is 5.69 Å². The summed E-state index contributed by atoms with van der Waals surface area (Å²) in [7, 11) is 0. The third kappa shape index (κ3) is 5.23. The molecule has 0 saturated carbocycles. The normalized spacial score (nSPS) is 14.3. The van der Waals surface area contributed by atoms with Crippen molar-refractivity contribution in [1.29, 1.82) is 0 Å². The van der Waals surface area contributed by atoms with Crippen molar-refractivity contribution in [2.75, 3.05) is 11.6 Å². The molecule has 9 heteroatoms. The minimum atomic E-state index is -1.09. The van der Waals surface area contributed by atoms with Gasteiger partial charge < -0.3 is 14.3 Å². The fourth-order valence-corrected chi connectivity index (χ4v) is 3.77. The highest BCUT2D eigenvalue weighted by atomic mass is 35.5. The summed E-state index contributed by atoms with van der Waals surface area (Å²) in [6.45, 7) is 4.01. The molecule has 0 spiro atoms. The van der Waals surface area contributed by atoms with Crippen LogP contribution in [0.15, 0.2) is 69.7 Å². The Labute approximate surface area is 212 Å². The van der Waals surface area contributed by atoms with Crippen LogP contribution < -0.4 is 5.01 Å². The number of carbonyl (C=O) groups is 3. The molecule has 1 aliphatic heterocycles. The number of nitrogens with zero attached hydrogens (tertiary/aromatic N) is 2. The molecule has 8 nitrogen and oxygen atoms in total. The summed E-state index contributed by atoms with van der Waals surface area (Å²) in [6.07, 6.45) is 3.25. The summed E-state index contributed by atoms with van der Waals surface area (Å²) in [5, 5.41) is 15.0. The van der Waals surface area contributed by atoms with Gasteiger partial charge in [-0.25, -0.2) is 9.59 Å². The molecule has 1 aromatic heterocycles. The number of hydrogen-bond acceptors (Lipinski definition) is 6. The Morgan fingerprint density at radius 1 is 1.17 bits per heavy atom. The molecular formula is C27H23ClN2O6. The van der Waals surface area contributed by atoms with Crippen LogP contribution in [0.3, 0.4) is 0 Å². The van der Waals surface area contributed by atoms with Crippen molar-refractivity contribution in [1.82, 2.24) is 0 Å². The molecule has 184 valence electrons. The summed E-state index contributed by atoms with van der Waals surface area (Å²) < 4.78 is 11.2. The number of carbonyl (C=O) groups excluding carboxylic acids is 2. The number of aromatic carboxylic acids is 1. The topological polar surface area (TPSA) is 109 Å². The van der Waals surface area contributed by atoms with E-state index in [0.717, 1.165) is 17.9 Å². The number of anilines is 1. The van der Waals surface area contributed by atoms with Crippen molar-refractivity contribution in [3.63, 3.8) is 0 Å². The highest BCUT2D eigenvalue weighted by molar-refractivity contribution is 6.33. The summed E-state index contributed by atoms with van der Waals surface area (Å²) in [5.74, 6) is -1.11. The average molecular weight is 507 g/mol. The van der Waals surface area contributed by atoms with Gasteiger partial charge in [-0.2, -0.15) is 10.1 Å². The molecular weight excluding hydrogens is 484 g/mol. The molecule has 0 bridgehead atoms. The molecule has 3 aromatic rings. The van der Waals surface area contributed by atoms with Gasteiger partial charge in [-0.15, -0.1) is 0 Å². The Morgan fingerprint density at radius 2 is 1.97 bits per heavy atom. The average Bonchev–Trinajstić information content (AvgIpc) is 3.44. The molecule has 1 aliphatic rings. The largest absolute Gasteiger partial charge is 0.478 e. The number of hydrazone groups is 1. The van der Waals surface area contributed by atoms with Gasteiger partial charge in [-0.1, -0.05) is 31.0 Å². The summed E-state index contributed by atoms with van der Waals surface area (Å²) in [5.41, 5.74) is 2.05. The zero-order chi connectivity index (χ0) is 25.8. The predicted molar refractivity (Wildman–Crippen MR) is 136 cm³/mol. The monoisotopic (exact) mass is 506 g/mol. The van der Waals surface area contributed by atoms with Crippen LogP contribution in [0.25, 0.3) is 17.4 Å². The Morgan fingerprint density at radius 3 is 2.72 bits per heavy atom. The summed E-state index contributed by atoms with van der Waals surface area (Å²) in [4.78, 5) is 36.7. The molecule has 4 rings (SSSR count). The number of carboxylic acid groups (broad SMARTS) is 1. The molecule has 0 atom stereocenters. The van der Waals surface area contributed by atoms with Crippen molar-refractivity contribution in [3.05, 3.63) is 82.1 Å². The van der Waals surface area contributed by atoms with Gasteiger partial charge in [0.2, 0.25) is 0 Å². The SMILES string of the molecule is CCCCOC(=O)c1cc(-c2ccc(/C=C3/C(=O)N(c4cccc(C(=O)O)c4)N=C3C)o2)ccc1Cl. The molecule has 2 aromatic carbocycles. The van der Waals surface area contributed by atoms with Gasteiger partial charge >= 0.3 is 11.9 Å². The van der Waals surface area contributed by atoms with Gasteiger partial charge in [0, 0.05) is 5.56 Å². The molecule has 0 aliphatic carbocycles. The van der Waals surface area contributed by atoms with Crippen molar-refractivity contribution in [2.45, 2.75) is 26.7 Å². The van der Waals surface area contributed by atoms with Crippen LogP contribution >= 0.6 is 11.6 Å². The summed E-state index contributed by atoms with van der Waals surface area (Å²) in [6, 6.07) is 14.4. The van der Waals surface area contributed by atoms with Gasteiger partial charge in [0.1, 0.15) is 11.5 Å². The zero-order valence-electron chi connectivity index (χ0n) is 19.7. The first kappa shape index (κ1) is 24.9. The number of carboxylic acids is 1. The van der Waals surface area contributed by atoms with E-state index in [2.05, 4.69) is 5.10 Å². The maximum Gasteiger partial charge on any atom is 0.339 e. The van der Waals surface area contributed by atoms with Crippen molar-refractivity contribution < 1.29 is 28.6 Å². The quantitative estimate of drug-likeness (QED) is 0.226. The minimum absolute atomic E-state index is 0.0536. The van der Waals surface area contributed by atoms with E-state index in [9.17, 15) is 19.5 Å². The van der Waals surface area contributed by atoms with Gasteiger partial charge in [0.05, 0.1) is 39.7 Å². The number of halogens is 1. The lowest BCUT2D eigenvalue weighted by Gasteiger charge is -2.12. The second-order valence-electron chi connectivity index (χ2n) is 8.10. The number of rotatable bonds is 8. The molecule has 2 heterocycles. The number of amides is 1. The fraction of sp³-hybridized carbons (Fsp3) is 0.185. The first-order valence-electron chi connectivity index (χ1n) is 11.3. The first-order valence-corrected chi connectivity index (χ1v) is 11.7. The highest BCUT2D eigenvalue weighted by Crippen LogP contribution is 2.30. The van der Waals surface area contributed by atoms with Crippen LogP contribution in [0.1, 0.15) is 53.2 Å². The van der Waals surface area contributed by atoms with E-state index >= 15 is 0 Å². The van der Waals surface area contributed by atoms with E-state index < -0.39 is 17.8 Å². The van der Waals surface area contributed by atoms with E-state index in [1.54, 1.807) is 55.5 Å². The standard InChI is InChI=1S/C27H23ClN2O6/c1-3-4-12-35-27(34)22-14-17(8-10-23(22)28)24-11-9-20(36-24)15-21-16(2)29-30(25(21)31)19-7-5-6-18(13-19)26(32)33/h5-11,13-15H,3-4,12H2,1-2H3,(H,32,33)/b21-15+. The van der Waals surface area contributed by atoms with Gasteiger partial charge in [0.15, 0.2) is 0 Å². The van der Waals surface area contributed by atoms with E-state index in [-0.39, 0.29) is 16.1 Å². The molecule has 0 fully saturated rings. The second kappa shape index (κ2) is 10.6. The lowest BCUT2D eigenvalue weighted by Crippen LogP contribution is -2.21. The highest BCUT2D eigenvalue weighted by Gasteiger charge is 2.29. The number of hydrogen-bond donors (Lipinski definition) is 1. The van der Waals surface area contributed by atoms with E-state index in [4.69, 9.17) is 20.8 Å². The number of unbranched alkanes of at least 4 members (excludes halogenated alkanes) is 1. The lowest BCUT2D eigenvalue weighted by atomic mass is 10.1. The fourth-order valence-electron chi connectivity index (χ4n) is 3.58. The first-order chi connectivity index (χ1) is 17.3. The van der Waals surface area contributed by atoms with Crippen molar-refractivity contribution in [2.24, 2.45) is 5.10 Å². The van der Waals surface area contributed by atoms with E-state index in [1.807, 2.05) is 6.92 Å². The summed E-state index contributed by atoms with van der Waals surface area (Å²) >= 11 is 6.20. The van der Waals surface area contributed by atoms with E-state index in [1.165, 1.54) is 12.1 Å². The molecule has 36 heavy (non-hydrogen) atoms. The van der Waals surface area contributed by atoms with E-state index in [0.29, 0.717) is 40.7 Å². The number of esters is 1. The number of benzene rings is 2. The predicted octanol–water partition coefficient (Wildman–Crippen LogP) is 6.06.